The van der Waals surface area contributed by atoms with Crippen molar-refractivity contribution in [1.29, 1.82) is 0 Å². The Labute approximate surface area is 155 Å². The van der Waals surface area contributed by atoms with Crippen LogP contribution in [0.15, 0.2) is 46.9 Å². The van der Waals surface area contributed by atoms with Crippen molar-refractivity contribution in [2.45, 2.75) is 93.6 Å². The number of hydrogen-bond donors (Lipinski definition) is 0. The maximum Gasteiger partial charge on any atom is 0.0643 e. The summed E-state index contributed by atoms with van der Waals surface area (Å²) >= 11 is 2.13. The van der Waals surface area contributed by atoms with Gasteiger partial charge >= 0.3 is 0 Å². The van der Waals surface area contributed by atoms with E-state index in [1.54, 1.807) is 5.57 Å². The lowest BCUT2D eigenvalue weighted by Crippen LogP contribution is -2.37. The second kappa shape index (κ2) is 10.5. The molecule has 0 bridgehead atoms. The molecule has 0 nitrogen and oxygen atoms in total. The zero-order valence-corrected chi connectivity index (χ0v) is 17.8. The van der Waals surface area contributed by atoms with E-state index in [0.717, 1.165) is 4.87 Å². The largest absolute Gasteiger partial charge is 0.122 e. The van der Waals surface area contributed by atoms with Gasteiger partial charge in [0.1, 0.15) is 0 Å². The molecule has 0 saturated heterocycles. The highest BCUT2D eigenvalue weighted by Crippen LogP contribution is 2.37. The van der Waals surface area contributed by atoms with Crippen molar-refractivity contribution in [3.05, 3.63) is 42.0 Å². The number of thioether (sulfide) groups is 1. The topological polar surface area (TPSA) is 0 Å². The summed E-state index contributed by atoms with van der Waals surface area (Å²) in [6.45, 7) is 7.64. The van der Waals surface area contributed by atoms with E-state index in [-0.39, 0.29) is 0 Å². The van der Waals surface area contributed by atoms with E-state index in [1.165, 1.54) is 69.1 Å². The third-order valence-corrected chi connectivity index (χ3v) is 10.4. The van der Waals surface area contributed by atoms with Crippen molar-refractivity contribution >= 4 is 19.8 Å². The molecule has 0 heterocycles. The van der Waals surface area contributed by atoms with Gasteiger partial charge in [-0.15, -0.1) is 11.8 Å². The van der Waals surface area contributed by atoms with Crippen LogP contribution in [0.1, 0.15) is 64.2 Å². The average Bonchev–Trinajstić information content (AvgIpc) is 2.54. The van der Waals surface area contributed by atoms with Crippen LogP contribution in [0.4, 0.5) is 0 Å². The number of benzene rings is 1. The lowest BCUT2D eigenvalue weighted by Gasteiger charge is -2.31. The molecule has 1 unspecified atom stereocenters. The average molecular weight is 361 g/mol. The van der Waals surface area contributed by atoms with Gasteiger partial charge in [-0.2, -0.15) is 0 Å². The van der Waals surface area contributed by atoms with Gasteiger partial charge in [-0.05, 0) is 37.8 Å². The van der Waals surface area contributed by atoms with E-state index in [9.17, 15) is 0 Å². The van der Waals surface area contributed by atoms with Gasteiger partial charge in [0, 0.05) is 9.77 Å². The zero-order valence-electron chi connectivity index (χ0n) is 16.0. The van der Waals surface area contributed by atoms with E-state index < -0.39 is 8.07 Å². The molecule has 0 saturated carbocycles. The van der Waals surface area contributed by atoms with Crippen LogP contribution in [0, 0.1) is 0 Å². The molecule has 0 aromatic heterocycles. The summed E-state index contributed by atoms with van der Waals surface area (Å²) in [5.41, 5.74) is 1.77. The third-order valence-electron chi connectivity index (χ3n) is 4.95. The minimum Gasteiger partial charge on any atom is -0.122 e. The predicted octanol–water partition coefficient (Wildman–Crippen LogP) is 7.87. The summed E-state index contributed by atoms with van der Waals surface area (Å²) in [7, 11) is -1.25. The number of hydrogen-bond acceptors (Lipinski definition) is 1. The van der Waals surface area contributed by atoms with Crippen LogP contribution >= 0.6 is 11.8 Å². The van der Waals surface area contributed by atoms with Gasteiger partial charge in [-0.3, -0.25) is 0 Å². The zero-order chi connectivity index (χ0) is 17.3. The molecule has 0 N–H and O–H groups in total. The molecule has 1 atom stereocenters. The molecule has 1 aromatic rings. The number of rotatable bonds is 4. The summed E-state index contributed by atoms with van der Waals surface area (Å²) in [5.74, 6) is 0. The summed E-state index contributed by atoms with van der Waals surface area (Å²) in [6, 6.07) is 11.1. The molecule has 1 aliphatic rings. The van der Waals surface area contributed by atoms with Crippen LogP contribution in [-0.2, 0) is 0 Å². The summed E-state index contributed by atoms with van der Waals surface area (Å²) < 4.78 is 0. The fourth-order valence-corrected chi connectivity index (χ4v) is 7.75. The second-order valence-electron chi connectivity index (χ2n) is 8.32. The summed E-state index contributed by atoms with van der Waals surface area (Å²) in [4.78, 5) is 2.17. The van der Waals surface area contributed by atoms with E-state index >= 15 is 0 Å². The van der Waals surface area contributed by atoms with Crippen molar-refractivity contribution in [2.24, 2.45) is 0 Å². The molecule has 1 aromatic carbocycles. The smallest absolute Gasteiger partial charge is 0.0643 e. The fraction of sp³-hybridized carbons (Fsp3) is 0.636. The highest BCUT2D eigenvalue weighted by atomic mass is 32.2. The minimum atomic E-state index is -1.25. The Bertz CT molecular complexity index is 486. The molecule has 0 spiro atoms. The highest BCUT2D eigenvalue weighted by Gasteiger charge is 2.30. The SMILES string of the molecule is C[Si](C)(C)C(Sc1ccccc1)/C1=C/CCCCCCCCCC1. The quantitative estimate of drug-likeness (QED) is 0.299. The van der Waals surface area contributed by atoms with Gasteiger partial charge in [0.05, 0.1) is 8.07 Å². The van der Waals surface area contributed by atoms with Crippen molar-refractivity contribution in [3.8, 4) is 0 Å². The molecular formula is C22H36SSi. The van der Waals surface area contributed by atoms with Crippen molar-refractivity contribution < 1.29 is 0 Å². The van der Waals surface area contributed by atoms with Crippen LogP contribution < -0.4 is 0 Å². The molecule has 0 fully saturated rings. The second-order valence-corrected chi connectivity index (χ2v) is 15.2. The molecule has 0 amide bonds. The van der Waals surface area contributed by atoms with E-state index in [1.807, 2.05) is 0 Å². The molecule has 134 valence electrons. The van der Waals surface area contributed by atoms with E-state index in [4.69, 9.17) is 0 Å². The lowest BCUT2D eigenvalue weighted by molar-refractivity contribution is 0.562. The van der Waals surface area contributed by atoms with Gasteiger partial charge in [0.25, 0.3) is 0 Å². The Morgan fingerprint density at radius 2 is 1.38 bits per heavy atom. The first kappa shape index (κ1) is 19.8. The van der Waals surface area contributed by atoms with Gasteiger partial charge in [0.2, 0.25) is 0 Å². The predicted molar refractivity (Wildman–Crippen MR) is 114 cm³/mol. The standard InChI is InChI=1S/C22H36SSi/c1-24(2,3)22(23-21-18-14-11-15-19-21)20-16-12-9-7-5-4-6-8-10-13-17-20/h11,14-16,18-19,22H,4-10,12-13,17H2,1-3H3/b20-16+. The first-order chi connectivity index (χ1) is 11.6. The van der Waals surface area contributed by atoms with E-state index in [2.05, 4.69) is 67.8 Å². The van der Waals surface area contributed by atoms with Crippen molar-refractivity contribution in [3.63, 3.8) is 0 Å². The molecule has 2 heteroatoms. The van der Waals surface area contributed by atoms with Crippen LogP contribution in [0.3, 0.4) is 0 Å². The van der Waals surface area contributed by atoms with Gasteiger partial charge in [0.15, 0.2) is 0 Å². The van der Waals surface area contributed by atoms with Crippen LogP contribution in [-0.4, -0.2) is 12.9 Å². The maximum atomic E-state index is 2.64. The fourth-order valence-electron chi connectivity index (χ4n) is 3.61. The van der Waals surface area contributed by atoms with Crippen LogP contribution in [0.5, 0.6) is 0 Å². The monoisotopic (exact) mass is 360 g/mol. The van der Waals surface area contributed by atoms with E-state index in [0.29, 0.717) is 0 Å². The van der Waals surface area contributed by atoms with Gasteiger partial charge in [-0.25, -0.2) is 0 Å². The molecule has 1 aliphatic carbocycles. The molecule has 0 radical (unpaired) electrons. The first-order valence-corrected chi connectivity index (χ1v) is 14.4. The Morgan fingerprint density at radius 3 is 2.00 bits per heavy atom. The van der Waals surface area contributed by atoms with Crippen molar-refractivity contribution in [2.75, 3.05) is 0 Å². The summed E-state index contributed by atoms with van der Waals surface area (Å²) in [5, 5.41) is 0. The summed E-state index contributed by atoms with van der Waals surface area (Å²) in [6.07, 6.45) is 16.7. The Balaban J connectivity index is 2.13. The lowest BCUT2D eigenvalue weighted by atomic mass is 10.0. The Morgan fingerprint density at radius 1 is 0.792 bits per heavy atom. The molecule has 24 heavy (non-hydrogen) atoms. The van der Waals surface area contributed by atoms with Gasteiger partial charge < -0.3 is 0 Å². The third kappa shape index (κ3) is 7.19. The maximum absolute atomic E-state index is 2.64. The Kier molecular flexibility index (Phi) is 8.69. The number of allylic oxidation sites excluding steroid dienone is 1. The molecular weight excluding hydrogens is 324 g/mol. The normalized spacial score (nSPS) is 21.9. The Hall–Kier alpha value is -0.473. The van der Waals surface area contributed by atoms with Gasteiger partial charge in [-0.1, -0.05) is 88.0 Å². The first-order valence-electron chi connectivity index (χ1n) is 9.98. The molecule has 2 rings (SSSR count). The minimum absolute atomic E-state index is 0.725. The van der Waals surface area contributed by atoms with Crippen LogP contribution in [0.25, 0.3) is 0 Å². The van der Waals surface area contributed by atoms with Crippen LogP contribution in [0.2, 0.25) is 19.6 Å². The highest BCUT2D eigenvalue weighted by molar-refractivity contribution is 8.01. The van der Waals surface area contributed by atoms with Crippen molar-refractivity contribution in [1.82, 2.24) is 0 Å². The molecule has 0 aliphatic heterocycles.